The van der Waals surface area contributed by atoms with Gasteiger partial charge in [0.2, 0.25) is 0 Å². The van der Waals surface area contributed by atoms with Crippen molar-refractivity contribution in [1.29, 1.82) is 0 Å². The molecule has 2 rings (SSSR count). The Morgan fingerprint density at radius 2 is 2.00 bits per heavy atom. The van der Waals surface area contributed by atoms with Crippen molar-refractivity contribution in [3.8, 4) is 0 Å². The van der Waals surface area contributed by atoms with Crippen LogP contribution in [0.5, 0.6) is 0 Å². The van der Waals surface area contributed by atoms with Crippen LogP contribution in [0.15, 0.2) is 27.9 Å². The topological polar surface area (TPSA) is 131 Å². The molecular formula is C12H14N2O7. The molecule has 1 fully saturated rings. The van der Waals surface area contributed by atoms with Gasteiger partial charge in [-0.3, -0.25) is 14.2 Å². The summed E-state index contributed by atoms with van der Waals surface area (Å²) < 4.78 is 6.76. The minimum absolute atomic E-state index is 0.398. The van der Waals surface area contributed by atoms with Crippen LogP contribution in [0, 0.1) is 0 Å². The molecule has 0 aromatic carbocycles. The molecule has 1 aromatic rings. The second-order valence-corrected chi connectivity index (χ2v) is 4.42. The Morgan fingerprint density at radius 1 is 1.29 bits per heavy atom. The van der Waals surface area contributed by atoms with Crippen molar-refractivity contribution in [2.75, 3.05) is 6.61 Å². The molecule has 21 heavy (non-hydrogen) atoms. The van der Waals surface area contributed by atoms with E-state index in [4.69, 9.17) is 9.84 Å². The number of aliphatic hydroxyl groups is 3. The Balaban J connectivity index is 2.46. The Labute approximate surface area is 117 Å². The molecule has 1 aliphatic heterocycles. The number of aliphatic hydroxyl groups excluding tert-OH is 3. The average Bonchev–Trinajstić information content (AvgIpc) is 2.75. The number of aldehydes is 1. The van der Waals surface area contributed by atoms with Crippen LogP contribution in [0.1, 0.15) is 6.23 Å². The second kappa shape index (κ2) is 6.14. The number of hydrogen-bond donors (Lipinski definition) is 3. The summed E-state index contributed by atoms with van der Waals surface area (Å²) in [5.74, 6) is 0. The molecule has 9 heteroatoms. The Kier molecular flexibility index (Phi) is 4.48. The minimum Gasteiger partial charge on any atom is -0.394 e. The number of allylic oxidation sites excluding steroid dienone is 1. The monoisotopic (exact) mass is 298 g/mol. The number of rotatable bonds is 4. The van der Waals surface area contributed by atoms with Crippen molar-refractivity contribution in [2.45, 2.75) is 24.5 Å². The van der Waals surface area contributed by atoms with E-state index >= 15 is 0 Å². The largest absolute Gasteiger partial charge is 0.394 e. The molecular weight excluding hydrogens is 284 g/mol. The van der Waals surface area contributed by atoms with Gasteiger partial charge in [0.05, 0.1) is 6.61 Å². The van der Waals surface area contributed by atoms with Crippen LogP contribution in [-0.4, -0.2) is 55.7 Å². The van der Waals surface area contributed by atoms with Gasteiger partial charge in [0.25, 0.3) is 5.56 Å². The smallest absolute Gasteiger partial charge is 0.337 e. The number of aromatic nitrogens is 2. The van der Waals surface area contributed by atoms with Crippen LogP contribution in [0.25, 0.3) is 6.20 Å². The maximum Gasteiger partial charge on any atom is 0.337 e. The lowest BCUT2D eigenvalue weighted by atomic mass is 10.1. The van der Waals surface area contributed by atoms with E-state index in [-0.39, 0.29) is 0 Å². The van der Waals surface area contributed by atoms with Gasteiger partial charge in [-0.1, -0.05) is 0 Å². The predicted molar refractivity (Wildman–Crippen MR) is 69.4 cm³/mol. The SMILES string of the molecule is O=C/C=C/n1c(=O)ccn(C2OC(CO)C(O)C2O)c1=O. The number of carbonyl (C=O) groups excluding carboxylic acids is 1. The predicted octanol–water partition coefficient (Wildman–Crippen LogP) is -2.71. The molecule has 0 saturated carbocycles. The molecule has 1 saturated heterocycles. The Bertz CT molecular complexity index is 662. The summed E-state index contributed by atoms with van der Waals surface area (Å²) in [6, 6.07) is 1.05. The Hall–Kier alpha value is -2.07. The first-order chi connectivity index (χ1) is 10.0. The molecule has 0 bridgehead atoms. The molecule has 0 aliphatic carbocycles. The summed E-state index contributed by atoms with van der Waals surface area (Å²) >= 11 is 0. The summed E-state index contributed by atoms with van der Waals surface area (Å²) in [6.07, 6.45) is -1.64. The number of ether oxygens (including phenoxy) is 1. The number of hydrogen-bond acceptors (Lipinski definition) is 7. The first kappa shape index (κ1) is 15.3. The fraction of sp³-hybridized carbons (Fsp3) is 0.417. The quantitative estimate of drug-likeness (QED) is 0.407. The van der Waals surface area contributed by atoms with Crippen LogP contribution in [0.2, 0.25) is 0 Å². The van der Waals surface area contributed by atoms with E-state index < -0.39 is 42.4 Å². The third-order valence-electron chi connectivity index (χ3n) is 3.15. The lowest BCUT2D eigenvalue weighted by Gasteiger charge is -2.17. The van der Waals surface area contributed by atoms with Crippen molar-refractivity contribution in [2.24, 2.45) is 0 Å². The molecule has 1 aliphatic rings. The van der Waals surface area contributed by atoms with Gasteiger partial charge in [-0.25, -0.2) is 9.36 Å². The molecule has 0 spiro atoms. The van der Waals surface area contributed by atoms with Crippen molar-refractivity contribution in [1.82, 2.24) is 9.13 Å². The highest BCUT2D eigenvalue weighted by molar-refractivity contribution is 5.69. The molecule has 9 nitrogen and oxygen atoms in total. The summed E-state index contributed by atoms with van der Waals surface area (Å²) in [5, 5.41) is 28.5. The molecule has 0 amide bonds. The first-order valence-electron chi connectivity index (χ1n) is 6.09. The van der Waals surface area contributed by atoms with Gasteiger partial charge >= 0.3 is 5.69 Å². The van der Waals surface area contributed by atoms with E-state index in [9.17, 15) is 24.6 Å². The molecule has 2 heterocycles. The molecule has 114 valence electrons. The van der Waals surface area contributed by atoms with Crippen LogP contribution in [0.3, 0.4) is 0 Å². The minimum atomic E-state index is -1.44. The molecule has 0 radical (unpaired) electrons. The van der Waals surface area contributed by atoms with Crippen molar-refractivity contribution in [3.05, 3.63) is 39.2 Å². The van der Waals surface area contributed by atoms with Gasteiger partial charge in [0.15, 0.2) is 6.23 Å². The highest BCUT2D eigenvalue weighted by atomic mass is 16.6. The van der Waals surface area contributed by atoms with E-state index in [0.29, 0.717) is 10.9 Å². The third-order valence-corrected chi connectivity index (χ3v) is 3.15. The molecule has 3 N–H and O–H groups in total. The van der Waals surface area contributed by atoms with E-state index in [1.807, 2.05) is 0 Å². The van der Waals surface area contributed by atoms with E-state index in [2.05, 4.69) is 0 Å². The van der Waals surface area contributed by atoms with E-state index in [1.54, 1.807) is 0 Å². The van der Waals surface area contributed by atoms with Gasteiger partial charge < -0.3 is 20.1 Å². The maximum atomic E-state index is 12.2. The normalized spacial score (nSPS) is 29.1. The lowest BCUT2D eigenvalue weighted by molar-refractivity contribution is -0.104. The zero-order valence-electron chi connectivity index (χ0n) is 10.8. The zero-order valence-corrected chi connectivity index (χ0v) is 10.8. The van der Waals surface area contributed by atoms with Crippen LogP contribution < -0.4 is 11.2 Å². The summed E-state index contributed by atoms with van der Waals surface area (Å²) in [6.45, 7) is -0.534. The zero-order chi connectivity index (χ0) is 15.6. The van der Waals surface area contributed by atoms with Crippen molar-refractivity contribution in [3.63, 3.8) is 0 Å². The van der Waals surface area contributed by atoms with E-state index in [1.165, 1.54) is 0 Å². The van der Waals surface area contributed by atoms with Crippen LogP contribution in [-0.2, 0) is 9.53 Å². The lowest BCUT2D eigenvalue weighted by Crippen LogP contribution is -2.41. The highest BCUT2D eigenvalue weighted by Gasteiger charge is 2.43. The van der Waals surface area contributed by atoms with Gasteiger partial charge in [-0.15, -0.1) is 0 Å². The maximum absolute atomic E-state index is 12.2. The third kappa shape index (κ3) is 2.72. The fourth-order valence-electron chi connectivity index (χ4n) is 2.07. The summed E-state index contributed by atoms with van der Waals surface area (Å²) in [7, 11) is 0. The standard InChI is InChI=1S/C12H14N2O7/c15-5-1-3-13-8(17)2-4-14(12(13)20)11-10(19)9(18)7(6-16)21-11/h1-5,7,9-11,16,18-19H,6H2/b3-1+. The van der Waals surface area contributed by atoms with Gasteiger partial charge in [-0.05, 0) is 6.08 Å². The van der Waals surface area contributed by atoms with Crippen molar-refractivity contribution < 1.29 is 24.9 Å². The van der Waals surface area contributed by atoms with Gasteiger partial charge in [0.1, 0.15) is 24.6 Å². The van der Waals surface area contributed by atoms with Gasteiger partial charge in [-0.2, -0.15) is 0 Å². The van der Waals surface area contributed by atoms with Crippen LogP contribution >= 0.6 is 0 Å². The van der Waals surface area contributed by atoms with E-state index in [0.717, 1.165) is 29.1 Å². The van der Waals surface area contributed by atoms with Crippen molar-refractivity contribution >= 4 is 12.5 Å². The second-order valence-electron chi connectivity index (χ2n) is 4.42. The highest BCUT2D eigenvalue weighted by Crippen LogP contribution is 2.27. The summed E-state index contributed by atoms with van der Waals surface area (Å²) in [4.78, 5) is 34.0. The molecule has 4 atom stereocenters. The Morgan fingerprint density at radius 3 is 2.57 bits per heavy atom. The number of nitrogens with zero attached hydrogens (tertiary/aromatic N) is 2. The summed E-state index contributed by atoms with van der Waals surface area (Å²) in [5.41, 5.74) is -1.52. The number of carbonyl (C=O) groups is 1. The first-order valence-corrected chi connectivity index (χ1v) is 6.09. The van der Waals surface area contributed by atoms with Gasteiger partial charge in [0, 0.05) is 18.5 Å². The fourth-order valence-corrected chi connectivity index (χ4v) is 2.07. The molecule has 4 unspecified atom stereocenters. The molecule has 1 aromatic heterocycles. The average molecular weight is 298 g/mol. The van der Waals surface area contributed by atoms with Crippen LogP contribution in [0.4, 0.5) is 0 Å².